The molecular formula is C21H31NO6. The maximum atomic E-state index is 12.2. The molecule has 3 N–H and O–H groups in total. The fraction of sp³-hybridized carbons (Fsp3) is 0.571. The van der Waals surface area contributed by atoms with Gasteiger partial charge in [0.25, 0.3) is 0 Å². The Balaban J connectivity index is 3.03. The van der Waals surface area contributed by atoms with E-state index >= 15 is 0 Å². The molecule has 0 saturated heterocycles. The van der Waals surface area contributed by atoms with Crippen molar-refractivity contribution in [1.82, 2.24) is 0 Å². The molecule has 7 heteroatoms. The Morgan fingerprint density at radius 1 is 0.964 bits per heavy atom. The van der Waals surface area contributed by atoms with Crippen molar-refractivity contribution in [3.63, 3.8) is 0 Å². The molecule has 0 spiro atoms. The van der Waals surface area contributed by atoms with Gasteiger partial charge in [-0.2, -0.15) is 0 Å². The topological polar surface area (TPSA) is 116 Å². The van der Waals surface area contributed by atoms with E-state index in [2.05, 4.69) is 0 Å². The number of aliphatic carboxylic acids is 1. The van der Waals surface area contributed by atoms with Gasteiger partial charge in [0.15, 0.2) is 11.5 Å². The number of rotatable bonds is 11. The number of carbonyl (C=O) groups is 3. The van der Waals surface area contributed by atoms with Gasteiger partial charge in [0.2, 0.25) is 0 Å². The highest BCUT2D eigenvalue weighted by molar-refractivity contribution is 5.77. The Morgan fingerprint density at radius 2 is 1.46 bits per heavy atom. The van der Waals surface area contributed by atoms with Crippen LogP contribution in [0.4, 0.5) is 0 Å². The number of carboxylic acids is 1. The Bertz CT molecular complexity index is 687. The molecule has 28 heavy (non-hydrogen) atoms. The lowest BCUT2D eigenvalue weighted by Gasteiger charge is -2.15. The zero-order valence-corrected chi connectivity index (χ0v) is 17.1. The van der Waals surface area contributed by atoms with Gasteiger partial charge < -0.3 is 20.3 Å². The Hall–Kier alpha value is -2.41. The fourth-order valence-electron chi connectivity index (χ4n) is 2.37. The highest BCUT2D eigenvalue weighted by Crippen LogP contribution is 2.30. The van der Waals surface area contributed by atoms with Gasteiger partial charge in [-0.05, 0) is 36.0 Å². The third-order valence-corrected chi connectivity index (χ3v) is 4.65. The molecule has 0 bridgehead atoms. The van der Waals surface area contributed by atoms with E-state index in [0.29, 0.717) is 5.56 Å². The number of carbonyl (C=O) groups excluding carboxylic acids is 2. The van der Waals surface area contributed by atoms with E-state index in [-0.39, 0.29) is 42.6 Å². The van der Waals surface area contributed by atoms with Crippen LogP contribution in [0.5, 0.6) is 11.5 Å². The van der Waals surface area contributed by atoms with Crippen LogP contribution in [0, 0.1) is 11.8 Å². The Morgan fingerprint density at radius 3 is 1.93 bits per heavy atom. The SMILES string of the molecule is CCC(C)CC(=O)Oc1ccc(C[C@H](N)C(=O)O)cc1OC(=O)CC(C)CC. The normalized spacial score (nSPS) is 14.0. The lowest BCUT2D eigenvalue weighted by molar-refractivity contribution is -0.138. The van der Waals surface area contributed by atoms with Crippen LogP contribution in [0.25, 0.3) is 0 Å². The molecule has 0 aromatic heterocycles. The largest absolute Gasteiger partial charge is 0.480 e. The smallest absolute Gasteiger partial charge is 0.320 e. The summed E-state index contributed by atoms with van der Waals surface area (Å²) in [5.74, 6) is -1.40. The van der Waals surface area contributed by atoms with E-state index in [9.17, 15) is 14.4 Å². The maximum Gasteiger partial charge on any atom is 0.320 e. The van der Waals surface area contributed by atoms with Crippen molar-refractivity contribution in [1.29, 1.82) is 0 Å². The van der Waals surface area contributed by atoms with Crippen LogP contribution in [0.3, 0.4) is 0 Å². The van der Waals surface area contributed by atoms with Crippen molar-refractivity contribution in [2.75, 3.05) is 0 Å². The molecule has 0 amide bonds. The highest BCUT2D eigenvalue weighted by atomic mass is 16.6. The van der Waals surface area contributed by atoms with Crippen molar-refractivity contribution < 1.29 is 29.0 Å². The average molecular weight is 393 g/mol. The third-order valence-electron chi connectivity index (χ3n) is 4.65. The minimum atomic E-state index is -1.13. The maximum absolute atomic E-state index is 12.2. The average Bonchev–Trinajstić information content (AvgIpc) is 2.63. The van der Waals surface area contributed by atoms with Crippen molar-refractivity contribution in [3.8, 4) is 11.5 Å². The molecule has 1 aromatic carbocycles. The first-order valence-electron chi connectivity index (χ1n) is 9.68. The van der Waals surface area contributed by atoms with Gasteiger partial charge in [0, 0.05) is 12.8 Å². The first kappa shape index (κ1) is 23.6. The monoisotopic (exact) mass is 393 g/mol. The van der Waals surface area contributed by atoms with Gasteiger partial charge in [-0.1, -0.05) is 46.6 Å². The number of hydrogen-bond donors (Lipinski definition) is 2. The van der Waals surface area contributed by atoms with E-state index < -0.39 is 23.9 Å². The molecule has 2 unspecified atom stereocenters. The minimum Gasteiger partial charge on any atom is -0.480 e. The number of hydrogen-bond acceptors (Lipinski definition) is 6. The van der Waals surface area contributed by atoms with E-state index in [1.807, 2.05) is 27.7 Å². The first-order valence-corrected chi connectivity index (χ1v) is 9.68. The summed E-state index contributed by atoms with van der Waals surface area (Å²) in [6, 6.07) is 3.54. The summed E-state index contributed by atoms with van der Waals surface area (Å²) < 4.78 is 10.8. The lowest BCUT2D eigenvalue weighted by Crippen LogP contribution is -2.32. The van der Waals surface area contributed by atoms with E-state index in [1.54, 1.807) is 6.07 Å². The predicted molar refractivity (Wildman–Crippen MR) is 105 cm³/mol. The summed E-state index contributed by atoms with van der Waals surface area (Å²) in [6.07, 6.45) is 2.22. The molecule has 1 rings (SSSR count). The second-order valence-electron chi connectivity index (χ2n) is 7.31. The molecule has 0 saturated carbocycles. The van der Waals surface area contributed by atoms with Crippen LogP contribution in [0.1, 0.15) is 58.9 Å². The molecule has 156 valence electrons. The molecule has 0 aliphatic heterocycles. The zero-order chi connectivity index (χ0) is 21.3. The van der Waals surface area contributed by atoms with Crippen LogP contribution in [-0.2, 0) is 20.8 Å². The van der Waals surface area contributed by atoms with Gasteiger partial charge in [0.1, 0.15) is 6.04 Å². The Labute approximate surface area is 166 Å². The van der Waals surface area contributed by atoms with Crippen LogP contribution >= 0.6 is 0 Å². The summed E-state index contributed by atoms with van der Waals surface area (Å²) in [5.41, 5.74) is 6.15. The fourth-order valence-corrected chi connectivity index (χ4v) is 2.37. The number of benzene rings is 1. The first-order chi connectivity index (χ1) is 13.2. The molecule has 0 heterocycles. The summed E-state index contributed by atoms with van der Waals surface area (Å²) in [6.45, 7) is 7.86. The van der Waals surface area contributed by atoms with Crippen LogP contribution in [-0.4, -0.2) is 29.1 Å². The van der Waals surface area contributed by atoms with Gasteiger partial charge >= 0.3 is 17.9 Å². The van der Waals surface area contributed by atoms with Crippen molar-refractivity contribution >= 4 is 17.9 Å². The molecule has 7 nitrogen and oxygen atoms in total. The van der Waals surface area contributed by atoms with Gasteiger partial charge in [-0.3, -0.25) is 14.4 Å². The third kappa shape index (κ3) is 8.08. The molecule has 3 atom stereocenters. The lowest BCUT2D eigenvalue weighted by atomic mass is 10.0. The number of carboxylic acid groups (broad SMARTS) is 1. The van der Waals surface area contributed by atoms with Crippen LogP contribution in [0.15, 0.2) is 18.2 Å². The molecule has 0 radical (unpaired) electrons. The summed E-state index contributed by atoms with van der Waals surface area (Å²) in [7, 11) is 0. The molecular weight excluding hydrogens is 362 g/mol. The number of esters is 2. The van der Waals surface area contributed by atoms with Gasteiger partial charge in [0.05, 0.1) is 0 Å². The minimum absolute atomic E-state index is 0.0618. The van der Waals surface area contributed by atoms with Gasteiger partial charge in [-0.15, -0.1) is 0 Å². The summed E-state index contributed by atoms with van der Waals surface area (Å²) in [5, 5.41) is 8.99. The predicted octanol–water partition coefficient (Wildman–Crippen LogP) is 3.32. The summed E-state index contributed by atoms with van der Waals surface area (Å²) in [4.78, 5) is 35.3. The van der Waals surface area contributed by atoms with Crippen molar-refractivity contribution in [2.24, 2.45) is 17.6 Å². The second kappa shape index (κ2) is 11.4. The molecule has 0 aliphatic rings. The molecule has 1 aromatic rings. The van der Waals surface area contributed by atoms with Crippen LogP contribution in [0.2, 0.25) is 0 Å². The quantitative estimate of drug-likeness (QED) is 0.437. The Kier molecular flexibility index (Phi) is 9.65. The van der Waals surface area contributed by atoms with E-state index in [1.165, 1.54) is 12.1 Å². The van der Waals surface area contributed by atoms with Crippen LogP contribution < -0.4 is 15.2 Å². The van der Waals surface area contributed by atoms with Crippen molar-refractivity contribution in [3.05, 3.63) is 23.8 Å². The molecule has 0 fully saturated rings. The number of ether oxygens (including phenoxy) is 2. The summed E-state index contributed by atoms with van der Waals surface area (Å²) >= 11 is 0. The zero-order valence-electron chi connectivity index (χ0n) is 17.1. The second-order valence-corrected chi connectivity index (χ2v) is 7.31. The highest BCUT2D eigenvalue weighted by Gasteiger charge is 2.19. The number of nitrogens with two attached hydrogens (primary N) is 1. The molecule has 0 aliphatic carbocycles. The van der Waals surface area contributed by atoms with E-state index in [4.69, 9.17) is 20.3 Å². The van der Waals surface area contributed by atoms with E-state index in [0.717, 1.165) is 12.8 Å². The van der Waals surface area contributed by atoms with Crippen molar-refractivity contribution in [2.45, 2.75) is 65.8 Å². The standard InChI is InChI=1S/C21H31NO6/c1-5-13(3)9-19(23)27-17-8-7-15(11-16(22)21(25)26)12-18(17)28-20(24)10-14(4)6-2/h7-8,12-14,16H,5-6,9-11,22H2,1-4H3,(H,25,26)/t13?,14?,16-/m0/s1. The van der Waals surface area contributed by atoms with Gasteiger partial charge in [-0.25, -0.2) is 0 Å².